The van der Waals surface area contributed by atoms with Gasteiger partial charge < -0.3 is 10.6 Å². The van der Waals surface area contributed by atoms with Gasteiger partial charge in [0.05, 0.1) is 19.0 Å². The number of hydrogen-bond acceptors (Lipinski definition) is 8. The van der Waals surface area contributed by atoms with Crippen LogP contribution in [-0.2, 0) is 14.4 Å². The second-order valence-corrected chi connectivity index (χ2v) is 7.50. The third kappa shape index (κ3) is 5.14. The first-order chi connectivity index (χ1) is 11.5. The van der Waals surface area contributed by atoms with Crippen LogP contribution in [0.3, 0.4) is 0 Å². The van der Waals surface area contributed by atoms with Gasteiger partial charge in [-0.05, 0) is 5.75 Å². The van der Waals surface area contributed by atoms with E-state index >= 15 is 0 Å². The van der Waals surface area contributed by atoms with Crippen molar-refractivity contribution in [2.75, 3.05) is 37.8 Å². The second-order valence-electron chi connectivity index (χ2n) is 5.01. The zero-order valence-corrected chi connectivity index (χ0v) is 15.1. The number of nitrogens with one attached hydrogen (secondary N) is 3. The fraction of sp³-hybridized carbons (Fsp3) is 0.615. The molecule has 2 heterocycles. The van der Waals surface area contributed by atoms with Gasteiger partial charge in [0.1, 0.15) is 0 Å². The zero-order chi connectivity index (χ0) is 17.5. The van der Waals surface area contributed by atoms with E-state index in [1.165, 1.54) is 18.4 Å². The summed E-state index contributed by atoms with van der Waals surface area (Å²) in [5.74, 6) is 0.117. The molecule has 11 heteroatoms. The highest BCUT2D eigenvalue weighted by molar-refractivity contribution is 8.01. The molecule has 1 aromatic rings. The molecule has 132 valence electrons. The van der Waals surface area contributed by atoms with Gasteiger partial charge in [-0.25, -0.2) is 0 Å². The molecule has 0 saturated carbocycles. The molecule has 1 fully saturated rings. The van der Waals surface area contributed by atoms with Crippen molar-refractivity contribution in [2.24, 2.45) is 0 Å². The Morgan fingerprint density at radius 1 is 1.42 bits per heavy atom. The molecule has 1 atom stereocenters. The molecule has 0 radical (unpaired) electrons. The van der Waals surface area contributed by atoms with Crippen molar-refractivity contribution in [3.63, 3.8) is 0 Å². The SMILES string of the molecule is CCSc1nnc(NC(=O)CN2CCNC(=O)[C@@H]2CC(=O)NC)s1. The highest BCUT2D eigenvalue weighted by Crippen LogP contribution is 2.24. The molecule has 0 aliphatic carbocycles. The first-order valence-electron chi connectivity index (χ1n) is 7.52. The molecule has 3 amide bonds. The molecule has 1 saturated heterocycles. The Morgan fingerprint density at radius 3 is 2.92 bits per heavy atom. The summed E-state index contributed by atoms with van der Waals surface area (Å²) in [6.07, 6.45) is 0.0196. The van der Waals surface area contributed by atoms with Crippen LogP contribution >= 0.6 is 23.1 Å². The number of amides is 3. The summed E-state index contributed by atoms with van der Waals surface area (Å²) in [4.78, 5) is 37.5. The number of aromatic nitrogens is 2. The molecule has 0 unspecified atom stereocenters. The molecule has 9 nitrogen and oxygen atoms in total. The predicted molar refractivity (Wildman–Crippen MR) is 92.0 cm³/mol. The monoisotopic (exact) mass is 372 g/mol. The van der Waals surface area contributed by atoms with Crippen LogP contribution in [0.1, 0.15) is 13.3 Å². The van der Waals surface area contributed by atoms with E-state index in [9.17, 15) is 14.4 Å². The maximum absolute atomic E-state index is 12.2. The molecule has 0 bridgehead atoms. The summed E-state index contributed by atoms with van der Waals surface area (Å²) in [6.45, 7) is 2.99. The van der Waals surface area contributed by atoms with Gasteiger partial charge in [0.2, 0.25) is 22.9 Å². The average molecular weight is 372 g/mol. The fourth-order valence-corrected chi connectivity index (χ4v) is 3.90. The van der Waals surface area contributed by atoms with E-state index in [2.05, 4.69) is 26.1 Å². The Hall–Kier alpha value is -1.72. The largest absolute Gasteiger partial charge is 0.359 e. The summed E-state index contributed by atoms with van der Waals surface area (Å²) >= 11 is 2.87. The van der Waals surface area contributed by atoms with E-state index in [1.807, 2.05) is 6.92 Å². The maximum atomic E-state index is 12.2. The topological polar surface area (TPSA) is 116 Å². The van der Waals surface area contributed by atoms with Gasteiger partial charge in [-0.15, -0.1) is 10.2 Å². The number of thioether (sulfide) groups is 1. The third-order valence-corrected chi connectivity index (χ3v) is 5.22. The molecular weight excluding hydrogens is 352 g/mol. The standard InChI is InChI=1S/C13H20N6O3S2/c1-3-23-13-18-17-12(24-13)16-10(21)7-19-5-4-15-11(22)8(19)6-9(20)14-2/h8H,3-7H2,1-2H3,(H,14,20)(H,15,22)(H,16,17,21)/t8-/m0/s1. The lowest BCUT2D eigenvalue weighted by molar-refractivity contribution is -0.135. The Labute approximate surface area is 148 Å². The van der Waals surface area contributed by atoms with Gasteiger partial charge in [-0.3, -0.25) is 24.6 Å². The summed E-state index contributed by atoms with van der Waals surface area (Å²) < 4.78 is 0.794. The fourth-order valence-electron chi connectivity index (χ4n) is 2.24. The number of carbonyl (C=O) groups is 3. The van der Waals surface area contributed by atoms with Crippen molar-refractivity contribution in [1.82, 2.24) is 25.7 Å². The van der Waals surface area contributed by atoms with E-state index in [0.717, 1.165) is 10.1 Å². The minimum absolute atomic E-state index is 0.0188. The minimum Gasteiger partial charge on any atom is -0.359 e. The molecule has 1 aliphatic heterocycles. The Bertz CT molecular complexity index is 608. The predicted octanol–water partition coefficient (Wildman–Crippen LogP) is -0.475. The smallest absolute Gasteiger partial charge is 0.240 e. The summed E-state index contributed by atoms with van der Waals surface area (Å²) in [5.41, 5.74) is 0. The first kappa shape index (κ1) is 18.6. The number of nitrogens with zero attached hydrogens (tertiary/aromatic N) is 3. The maximum Gasteiger partial charge on any atom is 0.240 e. The highest BCUT2D eigenvalue weighted by atomic mass is 32.2. The molecule has 2 rings (SSSR count). The van der Waals surface area contributed by atoms with Crippen LogP contribution in [0.4, 0.5) is 5.13 Å². The van der Waals surface area contributed by atoms with Gasteiger partial charge >= 0.3 is 0 Å². The van der Waals surface area contributed by atoms with Gasteiger partial charge in [-0.1, -0.05) is 30.0 Å². The van der Waals surface area contributed by atoms with Gasteiger partial charge in [0.25, 0.3) is 0 Å². The van der Waals surface area contributed by atoms with Gasteiger partial charge in [0.15, 0.2) is 4.34 Å². The Morgan fingerprint density at radius 2 is 2.21 bits per heavy atom. The molecule has 0 aromatic carbocycles. The lowest BCUT2D eigenvalue weighted by atomic mass is 10.1. The molecule has 1 aromatic heterocycles. The lowest BCUT2D eigenvalue weighted by Gasteiger charge is -2.33. The molecule has 0 spiro atoms. The Balaban J connectivity index is 1.94. The van der Waals surface area contributed by atoms with Crippen LogP contribution in [0.5, 0.6) is 0 Å². The normalized spacial score (nSPS) is 18.1. The van der Waals surface area contributed by atoms with Crippen LogP contribution in [-0.4, -0.2) is 71.3 Å². The van der Waals surface area contributed by atoms with Crippen molar-refractivity contribution in [2.45, 2.75) is 23.7 Å². The van der Waals surface area contributed by atoms with Gasteiger partial charge in [-0.2, -0.15) is 0 Å². The van der Waals surface area contributed by atoms with Crippen molar-refractivity contribution >= 4 is 46.0 Å². The van der Waals surface area contributed by atoms with Crippen LogP contribution < -0.4 is 16.0 Å². The molecule has 1 aliphatic rings. The van der Waals surface area contributed by atoms with Crippen molar-refractivity contribution in [3.8, 4) is 0 Å². The molecule has 3 N–H and O–H groups in total. The summed E-state index contributed by atoms with van der Waals surface area (Å²) in [6, 6.07) is -0.648. The first-order valence-corrected chi connectivity index (χ1v) is 9.32. The second kappa shape index (κ2) is 8.94. The number of rotatable bonds is 7. The van der Waals surface area contributed by atoms with E-state index in [-0.39, 0.29) is 30.7 Å². The average Bonchev–Trinajstić information content (AvgIpc) is 2.97. The highest BCUT2D eigenvalue weighted by Gasteiger charge is 2.32. The quantitative estimate of drug-likeness (QED) is 0.437. The van der Waals surface area contributed by atoms with Crippen LogP contribution in [0, 0.1) is 0 Å². The number of anilines is 1. The van der Waals surface area contributed by atoms with Crippen molar-refractivity contribution < 1.29 is 14.4 Å². The molecule has 24 heavy (non-hydrogen) atoms. The number of carbonyl (C=O) groups excluding carboxylic acids is 3. The summed E-state index contributed by atoms with van der Waals surface area (Å²) in [5, 5.41) is 16.2. The van der Waals surface area contributed by atoms with Crippen LogP contribution in [0.25, 0.3) is 0 Å². The van der Waals surface area contributed by atoms with Crippen molar-refractivity contribution in [3.05, 3.63) is 0 Å². The summed E-state index contributed by atoms with van der Waals surface area (Å²) in [7, 11) is 1.52. The zero-order valence-electron chi connectivity index (χ0n) is 13.5. The third-order valence-electron chi connectivity index (χ3n) is 3.37. The minimum atomic E-state index is -0.648. The van der Waals surface area contributed by atoms with Crippen LogP contribution in [0.2, 0.25) is 0 Å². The van der Waals surface area contributed by atoms with Gasteiger partial charge in [0, 0.05) is 20.1 Å². The van der Waals surface area contributed by atoms with E-state index in [0.29, 0.717) is 18.2 Å². The van der Waals surface area contributed by atoms with E-state index in [4.69, 9.17) is 0 Å². The van der Waals surface area contributed by atoms with Crippen molar-refractivity contribution in [1.29, 1.82) is 0 Å². The number of piperazine rings is 1. The molecular formula is C13H20N6O3S2. The van der Waals surface area contributed by atoms with E-state index in [1.54, 1.807) is 16.7 Å². The number of hydrogen-bond donors (Lipinski definition) is 3. The Kier molecular flexibility index (Phi) is 6.94. The lowest BCUT2D eigenvalue weighted by Crippen LogP contribution is -2.57. The van der Waals surface area contributed by atoms with E-state index < -0.39 is 6.04 Å². The van der Waals surface area contributed by atoms with Crippen LogP contribution in [0.15, 0.2) is 4.34 Å².